The van der Waals surface area contributed by atoms with E-state index in [0.29, 0.717) is 46.4 Å². The largest absolute Gasteiger partial charge is 1.00 e. The van der Waals surface area contributed by atoms with Crippen molar-refractivity contribution in [2.45, 2.75) is 0 Å². The van der Waals surface area contributed by atoms with Gasteiger partial charge in [0.1, 0.15) is 34.6 Å². The second kappa shape index (κ2) is 21.0. The van der Waals surface area contributed by atoms with Gasteiger partial charge >= 0.3 is 71.1 Å². The van der Waals surface area contributed by atoms with Crippen LogP contribution in [0.25, 0.3) is 12.2 Å². The molecule has 8 aromatic rings. The van der Waals surface area contributed by atoms with Gasteiger partial charge in [0.15, 0.2) is 0 Å². The van der Waals surface area contributed by atoms with Gasteiger partial charge in [-0.15, -0.1) is 48.5 Å². The Morgan fingerprint density at radius 3 is 1.07 bits per heavy atom. The van der Waals surface area contributed by atoms with Gasteiger partial charge in [0.2, 0.25) is 11.8 Å². The third-order valence-electron chi connectivity index (χ3n) is 7.86. The number of para-hydroxylation sites is 4. The average Bonchev–Trinajstić information content (AvgIpc) is 3.22. The van der Waals surface area contributed by atoms with Crippen LogP contribution in [-0.4, -0.2) is 19.9 Å². The molecule has 12 heteroatoms. The van der Waals surface area contributed by atoms with E-state index in [-0.39, 0.29) is 71.1 Å². The number of nitrogens with one attached hydrogen (secondary N) is 2. The Morgan fingerprint density at radius 2 is 0.741 bits per heavy atom. The van der Waals surface area contributed by atoms with Crippen molar-refractivity contribution < 1.29 is 78.1 Å². The number of ether oxygens (including phenoxy) is 4. The first kappa shape index (κ1) is 41.6. The summed E-state index contributed by atoms with van der Waals surface area (Å²) in [6.07, 6.45) is 3.94. The Bertz CT molecular complexity index is 2220. The molecular formula is C46H32N6Na2O4. The quantitative estimate of drug-likeness (QED) is 0.0811. The number of hydrogen-bond acceptors (Lipinski definition) is 10. The smallest absolute Gasteiger partial charge is 0.439 e. The van der Waals surface area contributed by atoms with E-state index < -0.39 is 0 Å². The van der Waals surface area contributed by atoms with Crippen molar-refractivity contribution in [2.75, 3.05) is 10.6 Å². The number of benzene rings is 6. The summed E-state index contributed by atoms with van der Waals surface area (Å²) in [4.78, 5) is 18.0. The van der Waals surface area contributed by atoms with Crippen LogP contribution in [0.3, 0.4) is 0 Å². The Hall–Kier alpha value is -5.98. The van der Waals surface area contributed by atoms with Crippen LogP contribution in [-0.2, 0) is 0 Å². The number of aromatic nitrogens is 4. The van der Waals surface area contributed by atoms with Gasteiger partial charge in [-0.1, -0.05) is 72.8 Å². The molecule has 0 saturated heterocycles. The van der Waals surface area contributed by atoms with Crippen molar-refractivity contribution in [3.05, 3.63) is 193 Å². The predicted molar refractivity (Wildman–Crippen MR) is 216 cm³/mol. The zero-order valence-corrected chi connectivity index (χ0v) is 35.7. The molecule has 0 atom stereocenters. The predicted octanol–water partition coefficient (Wildman–Crippen LogP) is 5.70. The fourth-order valence-corrected chi connectivity index (χ4v) is 5.25. The summed E-state index contributed by atoms with van der Waals surface area (Å²) in [7, 11) is 0. The normalized spacial score (nSPS) is 10.4. The Balaban J connectivity index is 0.00000283. The molecule has 0 spiro atoms. The standard InChI is InChI=1S/C46H32N6O4.2Na/c1-5-13-37(14-6-1)53-43-31-41(49-45(51-43)55-39-17-9-3-10-18-39)47-35-27-23-33(24-28-35)21-22-34-25-29-36(30-26-34)48-42-32-44(54-38-15-7-2-8-16-38)52-46(50-42)56-40-19-11-4-12-20-40;;/h1-23,25,27-32H,(H,47,49,51)(H,48,50,52);;/q-2;2*+1. The van der Waals surface area contributed by atoms with Crippen LogP contribution < -0.4 is 88.7 Å². The van der Waals surface area contributed by atoms with E-state index in [1.807, 2.05) is 170 Å². The molecule has 58 heavy (non-hydrogen) atoms. The second-order valence-electron chi connectivity index (χ2n) is 12.1. The SMILES string of the molecule is [Na+].[Na+].[c-]1cc(Nc2cc(Oc3ccccc3)nc(Oc3ccccc3)n2)ccc1C=Cc1[c-]cc(Nc2cc(Oc3ccccc3)nc(Oc3ccccc3)n2)cc1. The molecule has 0 unspecified atom stereocenters. The van der Waals surface area contributed by atoms with Crippen LogP contribution in [0.15, 0.2) is 170 Å². The Kier molecular flexibility index (Phi) is 15.1. The van der Waals surface area contributed by atoms with E-state index in [9.17, 15) is 0 Å². The molecular weight excluding hydrogens is 747 g/mol. The topological polar surface area (TPSA) is 113 Å². The molecule has 0 saturated carbocycles. The molecule has 6 aromatic carbocycles. The minimum atomic E-state index is 0. The first-order valence-corrected chi connectivity index (χ1v) is 17.6. The Labute approximate surface area is 380 Å². The summed E-state index contributed by atoms with van der Waals surface area (Å²) < 4.78 is 23.9. The van der Waals surface area contributed by atoms with Crippen molar-refractivity contribution in [1.82, 2.24) is 19.9 Å². The van der Waals surface area contributed by atoms with Gasteiger partial charge in [-0.2, -0.15) is 43.2 Å². The molecule has 2 N–H and O–H groups in total. The minimum absolute atomic E-state index is 0. The van der Waals surface area contributed by atoms with Crippen molar-refractivity contribution in [3.8, 4) is 46.8 Å². The molecule has 2 aromatic heterocycles. The van der Waals surface area contributed by atoms with E-state index in [2.05, 4.69) is 42.7 Å². The number of rotatable bonds is 14. The van der Waals surface area contributed by atoms with Gasteiger partial charge in [0, 0.05) is 12.1 Å². The zero-order chi connectivity index (χ0) is 37.8. The maximum absolute atomic E-state index is 6.00. The number of nitrogens with zero attached hydrogens (tertiary/aromatic N) is 4. The molecule has 0 aliphatic heterocycles. The number of hydrogen-bond donors (Lipinski definition) is 2. The van der Waals surface area contributed by atoms with Crippen LogP contribution in [0.5, 0.6) is 46.8 Å². The summed E-state index contributed by atoms with van der Waals surface area (Å²) in [5.41, 5.74) is 3.32. The molecule has 2 heterocycles. The van der Waals surface area contributed by atoms with E-state index in [0.717, 1.165) is 22.5 Å². The van der Waals surface area contributed by atoms with Gasteiger partial charge in [0.05, 0.1) is 0 Å². The van der Waals surface area contributed by atoms with Crippen molar-refractivity contribution in [3.63, 3.8) is 0 Å². The van der Waals surface area contributed by atoms with Gasteiger partial charge in [-0.05, 0) is 59.9 Å². The molecule has 0 bridgehead atoms. The summed E-state index contributed by atoms with van der Waals surface area (Å²) in [6, 6.07) is 59.4. The molecule has 0 aliphatic carbocycles. The van der Waals surface area contributed by atoms with Crippen LogP contribution in [0.2, 0.25) is 0 Å². The van der Waals surface area contributed by atoms with E-state index in [1.165, 1.54) is 0 Å². The van der Waals surface area contributed by atoms with Gasteiger partial charge in [0.25, 0.3) is 0 Å². The molecule has 0 aliphatic rings. The Morgan fingerprint density at radius 1 is 0.397 bits per heavy atom. The molecule has 0 radical (unpaired) electrons. The molecule has 272 valence electrons. The van der Waals surface area contributed by atoms with Crippen LogP contribution in [0, 0.1) is 12.1 Å². The zero-order valence-electron chi connectivity index (χ0n) is 31.7. The molecule has 0 fully saturated rings. The number of anilines is 4. The first-order chi connectivity index (χ1) is 27.6. The maximum atomic E-state index is 6.00. The van der Waals surface area contributed by atoms with E-state index in [4.69, 9.17) is 18.9 Å². The average molecular weight is 779 g/mol. The first-order valence-electron chi connectivity index (χ1n) is 17.6. The van der Waals surface area contributed by atoms with Gasteiger partial charge in [-0.3, -0.25) is 0 Å². The monoisotopic (exact) mass is 778 g/mol. The van der Waals surface area contributed by atoms with E-state index in [1.54, 1.807) is 12.1 Å². The third-order valence-corrected chi connectivity index (χ3v) is 7.86. The molecule has 10 nitrogen and oxygen atoms in total. The van der Waals surface area contributed by atoms with Gasteiger partial charge < -0.3 is 29.6 Å². The summed E-state index contributed by atoms with van der Waals surface area (Å²) in [5, 5.41) is 6.62. The second-order valence-corrected chi connectivity index (χ2v) is 12.1. The molecule has 8 rings (SSSR count). The van der Waals surface area contributed by atoms with E-state index >= 15 is 0 Å². The fraction of sp³-hybridized carbons (Fsp3) is 0. The van der Waals surface area contributed by atoms with Crippen LogP contribution >= 0.6 is 0 Å². The van der Waals surface area contributed by atoms with Crippen molar-refractivity contribution in [1.29, 1.82) is 0 Å². The minimum Gasteiger partial charge on any atom is -0.439 e. The van der Waals surface area contributed by atoms with Crippen LogP contribution in [0.4, 0.5) is 23.0 Å². The van der Waals surface area contributed by atoms with Crippen LogP contribution in [0.1, 0.15) is 11.1 Å². The maximum Gasteiger partial charge on any atom is 1.00 e. The summed E-state index contributed by atoms with van der Waals surface area (Å²) in [6.45, 7) is 0. The fourth-order valence-electron chi connectivity index (χ4n) is 5.25. The van der Waals surface area contributed by atoms with Crippen molar-refractivity contribution in [2.24, 2.45) is 0 Å². The van der Waals surface area contributed by atoms with Gasteiger partial charge in [-0.25, -0.2) is 0 Å². The van der Waals surface area contributed by atoms with Crippen molar-refractivity contribution >= 4 is 35.2 Å². The summed E-state index contributed by atoms with van der Waals surface area (Å²) in [5.74, 6) is 4.18. The molecule has 0 amide bonds. The summed E-state index contributed by atoms with van der Waals surface area (Å²) >= 11 is 0. The third kappa shape index (κ3) is 12.3.